The van der Waals surface area contributed by atoms with Gasteiger partial charge in [-0.1, -0.05) is 5.16 Å². The van der Waals surface area contributed by atoms with Gasteiger partial charge in [0, 0.05) is 42.4 Å². The number of carbonyl (C=O) groups excluding carboxylic acids is 1. The van der Waals surface area contributed by atoms with Crippen LogP contribution in [0.15, 0.2) is 41.2 Å². The first-order valence-electron chi connectivity index (χ1n) is 8.52. The first-order valence-corrected chi connectivity index (χ1v) is 9.34. The lowest BCUT2D eigenvalue weighted by Gasteiger charge is -2.05. The largest absolute Gasteiger partial charge is 0.373 e. The van der Waals surface area contributed by atoms with E-state index in [0.717, 1.165) is 29.9 Å². The minimum Gasteiger partial charge on any atom is -0.373 e. The van der Waals surface area contributed by atoms with Gasteiger partial charge < -0.3 is 14.6 Å². The molecule has 1 aliphatic rings. The molecular formula is C18H18N4O3S. The molecule has 0 aromatic carbocycles. The maximum Gasteiger partial charge on any atom is 0.261 e. The molecular weight excluding hydrogens is 352 g/mol. The summed E-state index contributed by atoms with van der Waals surface area (Å²) >= 11 is 1.49. The summed E-state index contributed by atoms with van der Waals surface area (Å²) in [6.07, 6.45) is 6.09. The van der Waals surface area contributed by atoms with Gasteiger partial charge in [0.1, 0.15) is 0 Å². The average molecular weight is 370 g/mol. The van der Waals surface area contributed by atoms with Crippen molar-refractivity contribution in [2.45, 2.75) is 25.4 Å². The molecule has 4 rings (SSSR count). The number of ether oxygens (including phenoxy) is 1. The van der Waals surface area contributed by atoms with Gasteiger partial charge in [0.15, 0.2) is 0 Å². The number of amides is 1. The fourth-order valence-electron chi connectivity index (χ4n) is 2.79. The SMILES string of the molecule is O=C(NCCc1nc(-c2cccnc2)no1)c1ccc(C2CCCO2)s1. The summed E-state index contributed by atoms with van der Waals surface area (Å²) in [5.74, 6) is 0.889. The zero-order chi connectivity index (χ0) is 17.8. The van der Waals surface area contributed by atoms with Gasteiger partial charge in [0.2, 0.25) is 11.7 Å². The molecule has 1 atom stereocenters. The van der Waals surface area contributed by atoms with E-state index in [4.69, 9.17) is 9.26 Å². The van der Waals surface area contributed by atoms with E-state index >= 15 is 0 Å². The smallest absolute Gasteiger partial charge is 0.261 e. The number of rotatable bonds is 6. The minimum absolute atomic E-state index is 0.0914. The van der Waals surface area contributed by atoms with E-state index in [-0.39, 0.29) is 12.0 Å². The average Bonchev–Trinajstić information content (AvgIpc) is 3.42. The Bertz CT molecular complexity index is 871. The molecule has 3 aromatic rings. The Morgan fingerprint density at radius 3 is 3.12 bits per heavy atom. The highest BCUT2D eigenvalue weighted by Gasteiger charge is 2.20. The van der Waals surface area contributed by atoms with Gasteiger partial charge in [0.25, 0.3) is 5.91 Å². The Kier molecular flexibility index (Phi) is 5.03. The van der Waals surface area contributed by atoms with E-state index in [2.05, 4.69) is 20.4 Å². The number of nitrogens with zero attached hydrogens (tertiary/aromatic N) is 3. The Balaban J connectivity index is 1.29. The number of nitrogens with one attached hydrogen (secondary N) is 1. The van der Waals surface area contributed by atoms with Crippen molar-refractivity contribution in [1.82, 2.24) is 20.4 Å². The molecule has 134 valence electrons. The van der Waals surface area contributed by atoms with E-state index in [1.54, 1.807) is 12.4 Å². The second-order valence-electron chi connectivity index (χ2n) is 5.96. The third-order valence-corrected chi connectivity index (χ3v) is 5.29. The Labute approximate surface area is 154 Å². The molecule has 0 bridgehead atoms. The first-order chi connectivity index (χ1) is 12.8. The van der Waals surface area contributed by atoms with E-state index in [9.17, 15) is 4.79 Å². The summed E-state index contributed by atoms with van der Waals surface area (Å²) in [6.45, 7) is 1.23. The van der Waals surface area contributed by atoms with Crippen LogP contribution in [0.1, 0.15) is 39.4 Å². The standard InChI is InChI=1S/C18H18N4O3S/c23-18(15-6-5-14(26-15)13-4-2-10-24-13)20-9-7-16-21-17(22-25-16)12-3-1-8-19-11-12/h1,3,5-6,8,11,13H,2,4,7,9-10H2,(H,20,23). The van der Waals surface area contributed by atoms with Crippen molar-refractivity contribution in [2.24, 2.45) is 0 Å². The minimum atomic E-state index is -0.0914. The van der Waals surface area contributed by atoms with Crippen LogP contribution >= 0.6 is 11.3 Å². The van der Waals surface area contributed by atoms with Gasteiger partial charge in [-0.15, -0.1) is 11.3 Å². The van der Waals surface area contributed by atoms with Gasteiger partial charge in [-0.3, -0.25) is 9.78 Å². The second kappa shape index (κ2) is 7.76. The number of thiophene rings is 1. The van der Waals surface area contributed by atoms with Gasteiger partial charge in [-0.05, 0) is 37.1 Å². The van der Waals surface area contributed by atoms with Gasteiger partial charge in [-0.2, -0.15) is 4.98 Å². The molecule has 0 aliphatic carbocycles. The van der Waals surface area contributed by atoms with Crippen molar-refractivity contribution in [1.29, 1.82) is 0 Å². The van der Waals surface area contributed by atoms with Crippen LogP contribution in [0.5, 0.6) is 0 Å². The Morgan fingerprint density at radius 1 is 1.35 bits per heavy atom. The summed E-state index contributed by atoms with van der Waals surface area (Å²) < 4.78 is 10.9. The van der Waals surface area contributed by atoms with Crippen LogP contribution in [0.25, 0.3) is 11.4 Å². The molecule has 1 aliphatic heterocycles. The third-order valence-electron chi connectivity index (χ3n) is 4.11. The zero-order valence-corrected chi connectivity index (χ0v) is 14.9. The molecule has 0 saturated carbocycles. The van der Waals surface area contributed by atoms with Crippen LogP contribution in [0.3, 0.4) is 0 Å². The van der Waals surface area contributed by atoms with E-state index in [0.29, 0.717) is 29.6 Å². The van der Waals surface area contributed by atoms with Crippen molar-refractivity contribution in [3.05, 3.63) is 52.3 Å². The molecule has 1 fully saturated rings. The molecule has 8 heteroatoms. The zero-order valence-electron chi connectivity index (χ0n) is 14.1. The molecule has 0 radical (unpaired) electrons. The molecule has 1 saturated heterocycles. The van der Waals surface area contributed by atoms with Crippen LogP contribution in [0.2, 0.25) is 0 Å². The van der Waals surface area contributed by atoms with Crippen molar-refractivity contribution in [3.8, 4) is 11.4 Å². The predicted octanol–water partition coefficient (Wildman–Crippen LogP) is 3.02. The number of hydrogen-bond donors (Lipinski definition) is 1. The fourth-order valence-corrected chi connectivity index (χ4v) is 3.80. The topological polar surface area (TPSA) is 90.1 Å². The lowest BCUT2D eigenvalue weighted by Crippen LogP contribution is -2.24. The van der Waals surface area contributed by atoms with Crippen LogP contribution in [-0.2, 0) is 11.2 Å². The molecule has 4 heterocycles. The number of pyridine rings is 1. The molecule has 0 spiro atoms. The van der Waals surface area contributed by atoms with E-state index in [1.807, 2.05) is 24.3 Å². The molecule has 1 unspecified atom stereocenters. The summed E-state index contributed by atoms with van der Waals surface area (Å²) in [6, 6.07) is 7.52. The van der Waals surface area contributed by atoms with Crippen LogP contribution in [0, 0.1) is 0 Å². The number of carbonyl (C=O) groups is 1. The Hall–Kier alpha value is -2.58. The van der Waals surface area contributed by atoms with Crippen LogP contribution in [-0.4, -0.2) is 34.2 Å². The lowest BCUT2D eigenvalue weighted by atomic mass is 10.2. The summed E-state index contributed by atoms with van der Waals surface area (Å²) in [7, 11) is 0. The van der Waals surface area contributed by atoms with Crippen molar-refractivity contribution in [3.63, 3.8) is 0 Å². The van der Waals surface area contributed by atoms with Crippen molar-refractivity contribution < 1.29 is 14.1 Å². The van der Waals surface area contributed by atoms with Crippen molar-refractivity contribution in [2.75, 3.05) is 13.2 Å². The second-order valence-corrected chi connectivity index (χ2v) is 7.08. The maximum atomic E-state index is 12.3. The molecule has 1 amide bonds. The summed E-state index contributed by atoms with van der Waals surface area (Å²) in [5.41, 5.74) is 0.798. The highest BCUT2D eigenvalue weighted by molar-refractivity contribution is 7.14. The van der Waals surface area contributed by atoms with E-state index < -0.39 is 0 Å². The normalized spacial score (nSPS) is 16.7. The van der Waals surface area contributed by atoms with Gasteiger partial charge in [-0.25, -0.2) is 0 Å². The Morgan fingerprint density at radius 2 is 2.31 bits per heavy atom. The van der Waals surface area contributed by atoms with Crippen LogP contribution in [0.4, 0.5) is 0 Å². The van der Waals surface area contributed by atoms with Gasteiger partial charge >= 0.3 is 0 Å². The third kappa shape index (κ3) is 3.81. The van der Waals surface area contributed by atoms with Crippen molar-refractivity contribution >= 4 is 17.2 Å². The summed E-state index contributed by atoms with van der Waals surface area (Å²) in [4.78, 5) is 22.4. The molecule has 26 heavy (non-hydrogen) atoms. The fraction of sp³-hybridized carbons (Fsp3) is 0.333. The van der Waals surface area contributed by atoms with Crippen LogP contribution < -0.4 is 5.32 Å². The molecule has 7 nitrogen and oxygen atoms in total. The highest BCUT2D eigenvalue weighted by atomic mass is 32.1. The van der Waals surface area contributed by atoms with Gasteiger partial charge in [0.05, 0.1) is 11.0 Å². The van der Waals surface area contributed by atoms with E-state index in [1.165, 1.54) is 11.3 Å². The number of aromatic nitrogens is 3. The lowest BCUT2D eigenvalue weighted by molar-refractivity contribution is 0.0957. The maximum absolute atomic E-state index is 12.3. The highest BCUT2D eigenvalue weighted by Crippen LogP contribution is 2.33. The quantitative estimate of drug-likeness (QED) is 0.717. The first kappa shape index (κ1) is 16.9. The predicted molar refractivity (Wildman–Crippen MR) is 95.8 cm³/mol. The summed E-state index contributed by atoms with van der Waals surface area (Å²) in [5, 5.41) is 6.83. The monoisotopic (exact) mass is 370 g/mol. The molecule has 1 N–H and O–H groups in total. The molecule has 3 aromatic heterocycles. The number of hydrogen-bond acceptors (Lipinski definition) is 7.